The van der Waals surface area contributed by atoms with Gasteiger partial charge in [0.15, 0.2) is 0 Å². The number of carbonyl (C=O) groups excluding carboxylic acids is 1. The number of rotatable bonds is 51. The number of hydrogen-bond donors (Lipinski definition) is 3. The third kappa shape index (κ3) is 48.9. The van der Waals surface area contributed by atoms with Gasteiger partial charge < -0.3 is 19.8 Å². The number of carbonyl (C=O) groups is 1. The average molecular weight is 926 g/mol. The van der Waals surface area contributed by atoms with Crippen molar-refractivity contribution in [3.8, 4) is 0 Å². The van der Waals surface area contributed by atoms with Crippen LogP contribution >= 0.6 is 7.82 Å². The number of unbranched alkanes of at least 4 members (excludes halogenated alkanes) is 34. The van der Waals surface area contributed by atoms with Gasteiger partial charge in [-0.2, -0.15) is 0 Å². The van der Waals surface area contributed by atoms with Gasteiger partial charge in [0.1, 0.15) is 13.2 Å². The summed E-state index contributed by atoms with van der Waals surface area (Å²) in [5.41, 5.74) is 0. The Morgan fingerprint density at radius 3 is 1.28 bits per heavy atom. The minimum absolute atomic E-state index is 0.0761. The molecule has 0 aromatic heterocycles. The SMILES string of the molecule is CCCCCCC/C=C\C/C=C\CCCCCCCCCCCCCCCC(=O)NC(COP(=O)(O)OCC[N+](C)(C)C)C(O)CCCCCCCCCCCCCCCCCCC. The number of aliphatic hydroxyl groups is 1. The third-order valence-corrected chi connectivity index (χ3v) is 13.7. The van der Waals surface area contributed by atoms with Crippen LogP contribution in [0.2, 0.25) is 0 Å². The Morgan fingerprint density at radius 1 is 0.531 bits per heavy atom. The molecule has 3 atom stereocenters. The predicted molar refractivity (Wildman–Crippen MR) is 277 cm³/mol. The molecule has 0 saturated heterocycles. The first-order valence-corrected chi connectivity index (χ1v) is 29.2. The fourth-order valence-corrected chi connectivity index (χ4v) is 9.05. The number of quaternary nitrogens is 1. The summed E-state index contributed by atoms with van der Waals surface area (Å²) in [5, 5.41) is 14.1. The van der Waals surface area contributed by atoms with E-state index >= 15 is 0 Å². The standard InChI is InChI=1S/C55H109N2O6P/c1-6-8-10-12-14-16-18-20-22-24-25-26-27-28-29-30-31-33-35-37-39-41-43-45-47-49-55(59)56-53(52-63-64(60,61)62-51-50-57(3,4)5)54(58)48-46-44-42-40-38-36-34-32-23-21-19-17-15-13-11-9-7-2/h18,20,24-25,53-54,58H,6-17,19,21-23,26-52H2,1-5H3,(H-,56,59,60,61)/p+1/b20-18-,25-24-. The summed E-state index contributed by atoms with van der Waals surface area (Å²) < 4.78 is 23.8. The number of likely N-dealkylation sites (N-methyl/N-ethyl adjacent to an activating group) is 1. The van der Waals surface area contributed by atoms with Crippen LogP contribution in [0.4, 0.5) is 0 Å². The van der Waals surface area contributed by atoms with Gasteiger partial charge in [0, 0.05) is 6.42 Å². The minimum Gasteiger partial charge on any atom is -0.391 e. The molecule has 0 rings (SSSR count). The summed E-state index contributed by atoms with van der Waals surface area (Å²) in [6, 6.07) is -0.759. The van der Waals surface area contributed by atoms with Gasteiger partial charge in [-0.25, -0.2) is 4.57 Å². The molecule has 3 N–H and O–H groups in total. The molecule has 0 bridgehead atoms. The van der Waals surface area contributed by atoms with Gasteiger partial charge in [-0.15, -0.1) is 0 Å². The Morgan fingerprint density at radius 2 is 0.891 bits per heavy atom. The van der Waals surface area contributed by atoms with Crippen molar-refractivity contribution in [3.05, 3.63) is 24.3 Å². The number of aliphatic hydroxyl groups excluding tert-OH is 1. The smallest absolute Gasteiger partial charge is 0.391 e. The average Bonchev–Trinajstić information content (AvgIpc) is 3.25. The topological polar surface area (TPSA) is 105 Å². The molecule has 0 spiro atoms. The first-order valence-electron chi connectivity index (χ1n) is 27.7. The second kappa shape index (κ2) is 47.1. The zero-order valence-electron chi connectivity index (χ0n) is 43.3. The summed E-state index contributed by atoms with van der Waals surface area (Å²) in [6.07, 6.45) is 57.9. The molecule has 0 aliphatic carbocycles. The van der Waals surface area contributed by atoms with Crippen molar-refractivity contribution in [1.29, 1.82) is 0 Å². The maximum Gasteiger partial charge on any atom is 0.472 e. The number of nitrogens with zero attached hydrogens (tertiary/aromatic N) is 1. The van der Waals surface area contributed by atoms with Crippen molar-refractivity contribution >= 4 is 13.7 Å². The maximum absolute atomic E-state index is 13.0. The van der Waals surface area contributed by atoms with Gasteiger partial charge in [0.2, 0.25) is 5.91 Å². The number of phosphoric ester groups is 1. The number of amides is 1. The zero-order chi connectivity index (χ0) is 47.1. The lowest BCUT2D eigenvalue weighted by Gasteiger charge is -2.26. The molecule has 0 aliphatic rings. The number of phosphoric acid groups is 1. The fourth-order valence-electron chi connectivity index (χ4n) is 8.31. The molecule has 3 unspecified atom stereocenters. The van der Waals surface area contributed by atoms with Crippen LogP contribution in [0.5, 0.6) is 0 Å². The van der Waals surface area contributed by atoms with E-state index in [1.54, 1.807) is 0 Å². The molecule has 380 valence electrons. The number of allylic oxidation sites excluding steroid dienone is 4. The summed E-state index contributed by atoms with van der Waals surface area (Å²) >= 11 is 0. The molecule has 0 aromatic rings. The van der Waals surface area contributed by atoms with Gasteiger partial charge in [-0.1, -0.05) is 244 Å². The lowest BCUT2D eigenvalue weighted by molar-refractivity contribution is -0.870. The molecular formula is C55H110N2O6P+. The second-order valence-electron chi connectivity index (χ2n) is 20.3. The van der Waals surface area contributed by atoms with Crippen LogP contribution in [0, 0.1) is 0 Å². The van der Waals surface area contributed by atoms with Crippen molar-refractivity contribution in [1.82, 2.24) is 5.32 Å². The second-order valence-corrected chi connectivity index (χ2v) is 21.8. The van der Waals surface area contributed by atoms with E-state index in [4.69, 9.17) is 9.05 Å². The van der Waals surface area contributed by atoms with E-state index in [2.05, 4.69) is 43.5 Å². The highest BCUT2D eigenvalue weighted by molar-refractivity contribution is 7.47. The summed E-state index contributed by atoms with van der Waals surface area (Å²) in [7, 11) is 1.62. The molecule has 0 aromatic carbocycles. The van der Waals surface area contributed by atoms with Crippen LogP contribution < -0.4 is 5.32 Å². The predicted octanol–water partition coefficient (Wildman–Crippen LogP) is 16.4. The van der Waals surface area contributed by atoms with Gasteiger partial charge in [0.05, 0.1) is 39.9 Å². The molecule has 0 radical (unpaired) electrons. The van der Waals surface area contributed by atoms with E-state index in [1.165, 1.54) is 199 Å². The minimum atomic E-state index is -4.32. The first-order chi connectivity index (χ1) is 31.0. The largest absolute Gasteiger partial charge is 0.472 e. The van der Waals surface area contributed by atoms with E-state index < -0.39 is 20.0 Å². The van der Waals surface area contributed by atoms with Crippen molar-refractivity contribution < 1.29 is 32.9 Å². The lowest BCUT2D eigenvalue weighted by Crippen LogP contribution is -2.46. The fraction of sp³-hybridized carbons (Fsp3) is 0.909. The molecule has 9 heteroatoms. The Kier molecular flexibility index (Phi) is 46.3. The van der Waals surface area contributed by atoms with Crippen LogP contribution in [-0.2, 0) is 18.4 Å². The Hall–Kier alpha value is -1.02. The lowest BCUT2D eigenvalue weighted by atomic mass is 10.0. The molecule has 0 aliphatic heterocycles. The van der Waals surface area contributed by atoms with Crippen molar-refractivity contribution in [3.63, 3.8) is 0 Å². The molecule has 0 saturated carbocycles. The summed E-state index contributed by atoms with van der Waals surface area (Å²) in [5.74, 6) is -0.142. The van der Waals surface area contributed by atoms with Crippen molar-refractivity contribution in [2.75, 3.05) is 40.9 Å². The van der Waals surface area contributed by atoms with Gasteiger partial charge in [-0.3, -0.25) is 13.8 Å². The summed E-state index contributed by atoms with van der Waals surface area (Å²) in [4.78, 5) is 23.3. The quantitative estimate of drug-likeness (QED) is 0.0243. The van der Waals surface area contributed by atoms with Crippen molar-refractivity contribution in [2.24, 2.45) is 0 Å². The molecule has 8 nitrogen and oxygen atoms in total. The van der Waals surface area contributed by atoms with E-state index in [1.807, 2.05) is 21.1 Å². The Labute approximate surface area is 398 Å². The number of hydrogen-bond acceptors (Lipinski definition) is 5. The van der Waals surface area contributed by atoms with Gasteiger partial charge in [-0.05, 0) is 44.9 Å². The Bertz CT molecular complexity index is 1090. The molecule has 64 heavy (non-hydrogen) atoms. The highest BCUT2D eigenvalue weighted by Crippen LogP contribution is 2.43. The van der Waals surface area contributed by atoms with Gasteiger partial charge in [0.25, 0.3) is 0 Å². The number of nitrogens with one attached hydrogen (secondary N) is 1. The highest BCUT2D eigenvalue weighted by Gasteiger charge is 2.28. The maximum atomic E-state index is 13.0. The molecule has 0 heterocycles. The van der Waals surface area contributed by atoms with Crippen LogP contribution in [0.1, 0.15) is 271 Å². The molecule has 0 fully saturated rings. The van der Waals surface area contributed by atoms with Crippen LogP contribution in [0.25, 0.3) is 0 Å². The van der Waals surface area contributed by atoms with Crippen molar-refractivity contribution in [2.45, 2.75) is 283 Å². The summed E-state index contributed by atoms with van der Waals surface area (Å²) in [6.45, 7) is 4.91. The zero-order valence-corrected chi connectivity index (χ0v) is 44.2. The van der Waals surface area contributed by atoms with E-state index in [9.17, 15) is 19.4 Å². The highest BCUT2D eigenvalue weighted by atomic mass is 31.2. The van der Waals surface area contributed by atoms with Crippen LogP contribution in [-0.4, -0.2) is 73.4 Å². The Balaban J connectivity index is 4.16. The van der Waals surface area contributed by atoms with E-state index in [0.717, 1.165) is 44.9 Å². The van der Waals surface area contributed by atoms with E-state index in [-0.39, 0.29) is 19.1 Å². The van der Waals surface area contributed by atoms with E-state index in [0.29, 0.717) is 23.9 Å². The van der Waals surface area contributed by atoms with Gasteiger partial charge >= 0.3 is 7.82 Å². The normalized spacial score (nSPS) is 14.2. The third-order valence-electron chi connectivity index (χ3n) is 12.7. The van der Waals surface area contributed by atoms with Crippen LogP contribution in [0.3, 0.4) is 0 Å². The monoisotopic (exact) mass is 926 g/mol. The molecular weight excluding hydrogens is 816 g/mol. The van der Waals surface area contributed by atoms with Crippen LogP contribution in [0.15, 0.2) is 24.3 Å². The first kappa shape index (κ1) is 63.0. The molecule has 1 amide bonds.